The molecule has 110 valence electrons. The monoisotopic (exact) mass is 272 g/mol. The van der Waals surface area contributed by atoms with Crippen LogP contribution in [0.2, 0.25) is 0 Å². The first-order valence-corrected chi connectivity index (χ1v) is 8.37. The first-order chi connectivity index (χ1) is 9.80. The van der Waals surface area contributed by atoms with Crippen LogP contribution >= 0.6 is 0 Å². The van der Waals surface area contributed by atoms with Crippen molar-refractivity contribution in [2.24, 2.45) is 5.73 Å². The van der Waals surface area contributed by atoms with Crippen LogP contribution in [0, 0.1) is 0 Å². The Morgan fingerprint density at radius 2 is 1.95 bits per heavy atom. The van der Waals surface area contributed by atoms with Crippen molar-refractivity contribution in [3.05, 3.63) is 34.9 Å². The maximum atomic E-state index is 6.31. The van der Waals surface area contributed by atoms with Gasteiger partial charge in [-0.05, 0) is 68.3 Å². The number of piperidine rings is 1. The lowest BCUT2D eigenvalue weighted by atomic mass is 9.74. The number of nitrogens with two attached hydrogens (primary N) is 1. The second-order valence-electron chi connectivity index (χ2n) is 6.48. The van der Waals surface area contributed by atoms with Gasteiger partial charge < -0.3 is 5.73 Å². The van der Waals surface area contributed by atoms with E-state index in [0.717, 1.165) is 13.0 Å². The molecule has 1 fully saturated rings. The van der Waals surface area contributed by atoms with Crippen molar-refractivity contribution < 1.29 is 0 Å². The highest BCUT2D eigenvalue weighted by Gasteiger charge is 2.40. The molecule has 1 heterocycles. The lowest BCUT2D eigenvalue weighted by Gasteiger charge is -2.48. The number of benzene rings is 1. The number of nitrogens with zero attached hydrogens (tertiary/aromatic N) is 1. The first kappa shape index (κ1) is 14.1. The second kappa shape index (κ2) is 5.87. The van der Waals surface area contributed by atoms with E-state index in [1.807, 2.05) is 0 Å². The van der Waals surface area contributed by atoms with Gasteiger partial charge >= 0.3 is 0 Å². The minimum Gasteiger partial charge on any atom is -0.328 e. The van der Waals surface area contributed by atoms with Crippen molar-refractivity contribution in [2.75, 3.05) is 19.6 Å². The Kier molecular flexibility index (Phi) is 4.13. The Balaban J connectivity index is 2.00. The fraction of sp³-hybridized carbons (Fsp3) is 0.667. The number of fused-ring (bicyclic) bond motifs is 1. The summed E-state index contributed by atoms with van der Waals surface area (Å²) in [6.07, 6.45) is 8.95. The quantitative estimate of drug-likeness (QED) is 0.915. The standard InChI is InChI=1S/C18H28N2/c1-2-15-8-9-17-16(13-15)7-6-10-18(17,14-19)20-11-4-3-5-12-20/h8-9,13H,2-7,10-12,14,19H2,1H3. The number of aryl methyl sites for hydroxylation is 2. The summed E-state index contributed by atoms with van der Waals surface area (Å²) in [5.74, 6) is 0. The summed E-state index contributed by atoms with van der Waals surface area (Å²) in [6.45, 7) is 5.47. The van der Waals surface area contributed by atoms with Gasteiger partial charge in [0.15, 0.2) is 0 Å². The van der Waals surface area contributed by atoms with Gasteiger partial charge in [0.25, 0.3) is 0 Å². The van der Waals surface area contributed by atoms with E-state index in [0.29, 0.717) is 0 Å². The third kappa shape index (κ3) is 2.29. The predicted molar refractivity (Wildman–Crippen MR) is 84.9 cm³/mol. The van der Waals surface area contributed by atoms with Gasteiger partial charge in [0.2, 0.25) is 0 Å². The molecule has 0 spiro atoms. The summed E-state index contributed by atoms with van der Waals surface area (Å²) in [5.41, 5.74) is 11.0. The van der Waals surface area contributed by atoms with E-state index < -0.39 is 0 Å². The van der Waals surface area contributed by atoms with Crippen molar-refractivity contribution in [2.45, 2.75) is 57.4 Å². The predicted octanol–water partition coefficient (Wildman–Crippen LogP) is 3.23. The van der Waals surface area contributed by atoms with E-state index >= 15 is 0 Å². The molecule has 1 atom stereocenters. The SMILES string of the molecule is CCc1ccc2c(c1)CCCC2(CN)N1CCCCC1. The Labute approximate surface area is 123 Å². The molecule has 1 aliphatic heterocycles. The average Bonchev–Trinajstić information content (AvgIpc) is 2.54. The van der Waals surface area contributed by atoms with Gasteiger partial charge in [0.1, 0.15) is 0 Å². The Hall–Kier alpha value is -0.860. The normalized spacial score (nSPS) is 27.3. The van der Waals surface area contributed by atoms with E-state index in [2.05, 4.69) is 30.0 Å². The van der Waals surface area contributed by atoms with Gasteiger partial charge in [-0.1, -0.05) is 31.5 Å². The molecule has 2 nitrogen and oxygen atoms in total. The molecule has 1 aliphatic carbocycles. The summed E-state index contributed by atoms with van der Waals surface area (Å²) >= 11 is 0. The van der Waals surface area contributed by atoms with Crippen LogP contribution in [0.25, 0.3) is 0 Å². The lowest BCUT2D eigenvalue weighted by molar-refractivity contribution is 0.0546. The fourth-order valence-corrected chi connectivity index (χ4v) is 4.23. The van der Waals surface area contributed by atoms with Gasteiger partial charge in [-0.25, -0.2) is 0 Å². The van der Waals surface area contributed by atoms with Gasteiger partial charge in [0, 0.05) is 6.54 Å². The third-order valence-corrected chi connectivity index (χ3v) is 5.41. The highest BCUT2D eigenvalue weighted by molar-refractivity contribution is 5.40. The highest BCUT2D eigenvalue weighted by atomic mass is 15.2. The van der Waals surface area contributed by atoms with Gasteiger partial charge in [-0.3, -0.25) is 4.90 Å². The molecule has 20 heavy (non-hydrogen) atoms. The van der Waals surface area contributed by atoms with Crippen molar-refractivity contribution in [1.29, 1.82) is 0 Å². The van der Waals surface area contributed by atoms with Crippen LogP contribution in [-0.2, 0) is 18.4 Å². The molecule has 1 aromatic rings. The lowest BCUT2D eigenvalue weighted by Crippen LogP contribution is -2.54. The fourth-order valence-electron chi connectivity index (χ4n) is 4.23. The minimum atomic E-state index is 0.125. The molecule has 2 aliphatic rings. The van der Waals surface area contributed by atoms with Gasteiger partial charge in [-0.15, -0.1) is 0 Å². The maximum Gasteiger partial charge on any atom is 0.0586 e. The zero-order chi connectivity index (χ0) is 14.0. The van der Waals surface area contributed by atoms with Crippen molar-refractivity contribution in [1.82, 2.24) is 4.90 Å². The van der Waals surface area contributed by atoms with Gasteiger partial charge in [-0.2, -0.15) is 0 Å². The maximum absolute atomic E-state index is 6.31. The molecule has 1 unspecified atom stereocenters. The largest absolute Gasteiger partial charge is 0.328 e. The molecular weight excluding hydrogens is 244 g/mol. The zero-order valence-electron chi connectivity index (χ0n) is 12.8. The topological polar surface area (TPSA) is 29.3 Å². The molecule has 0 aromatic heterocycles. The van der Waals surface area contributed by atoms with Crippen molar-refractivity contribution >= 4 is 0 Å². The molecule has 2 heteroatoms. The van der Waals surface area contributed by atoms with E-state index in [1.54, 1.807) is 5.56 Å². The summed E-state index contributed by atoms with van der Waals surface area (Å²) in [7, 11) is 0. The van der Waals surface area contributed by atoms with E-state index in [4.69, 9.17) is 5.73 Å². The van der Waals surface area contributed by atoms with Crippen molar-refractivity contribution in [3.8, 4) is 0 Å². The Bertz CT molecular complexity index is 462. The van der Waals surface area contributed by atoms with Gasteiger partial charge in [0.05, 0.1) is 5.54 Å². The molecule has 1 saturated heterocycles. The Morgan fingerprint density at radius 1 is 1.15 bits per heavy atom. The summed E-state index contributed by atoms with van der Waals surface area (Å²) < 4.78 is 0. The van der Waals surface area contributed by atoms with Crippen LogP contribution in [-0.4, -0.2) is 24.5 Å². The molecule has 3 rings (SSSR count). The van der Waals surface area contributed by atoms with Crippen molar-refractivity contribution in [3.63, 3.8) is 0 Å². The zero-order valence-corrected chi connectivity index (χ0v) is 12.8. The molecular formula is C18H28N2. The van der Waals surface area contributed by atoms with Crippen LogP contribution in [0.5, 0.6) is 0 Å². The van der Waals surface area contributed by atoms with E-state index in [9.17, 15) is 0 Å². The molecule has 2 N–H and O–H groups in total. The summed E-state index contributed by atoms with van der Waals surface area (Å²) in [4.78, 5) is 2.69. The second-order valence-corrected chi connectivity index (χ2v) is 6.48. The van der Waals surface area contributed by atoms with Crippen LogP contribution < -0.4 is 5.73 Å². The number of hydrogen-bond donors (Lipinski definition) is 1. The van der Waals surface area contributed by atoms with E-state index in [-0.39, 0.29) is 5.54 Å². The summed E-state index contributed by atoms with van der Waals surface area (Å²) in [6, 6.07) is 7.14. The first-order valence-electron chi connectivity index (χ1n) is 8.37. The summed E-state index contributed by atoms with van der Waals surface area (Å²) in [5, 5.41) is 0. The van der Waals surface area contributed by atoms with Crippen LogP contribution in [0.1, 0.15) is 55.7 Å². The highest BCUT2D eigenvalue weighted by Crippen LogP contribution is 2.41. The average molecular weight is 272 g/mol. The number of likely N-dealkylation sites (tertiary alicyclic amines) is 1. The van der Waals surface area contributed by atoms with E-state index in [1.165, 1.54) is 62.7 Å². The molecule has 0 amide bonds. The van der Waals surface area contributed by atoms with Crippen LogP contribution in [0.4, 0.5) is 0 Å². The minimum absolute atomic E-state index is 0.125. The Morgan fingerprint density at radius 3 is 2.65 bits per heavy atom. The number of hydrogen-bond acceptors (Lipinski definition) is 2. The molecule has 1 aromatic carbocycles. The smallest absolute Gasteiger partial charge is 0.0586 e. The van der Waals surface area contributed by atoms with Crippen LogP contribution in [0.15, 0.2) is 18.2 Å². The van der Waals surface area contributed by atoms with Crippen LogP contribution in [0.3, 0.4) is 0 Å². The number of rotatable bonds is 3. The molecule has 0 bridgehead atoms. The molecule has 0 radical (unpaired) electrons. The molecule has 0 saturated carbocycles. The third-order valence-electron chi connectivity index (χ3n) is 5.41.